The van der Waals surface area contributed by atoms with Crippen LogP contribution in [-0.4, -0.2) is 26.4 Å². The first-order valence-corrected chi connectivity index (χ1v) is 7.98. The molecule has 0 fully saturated rings. The van der Waals surface area contributed by atoms with Crippen molar-refractivity contribution >= 4 is 5.91 Å². The molecule has 24 heavy (non-hydrogen) atoms. The van der Waals surface area contributed by atoms with E-state index >= 15 is 0 Å². The number of amides is 1. The van der Waals surface area contributed by atoms with Crippen LogP contribution in [0.1, 0.15) is 28.4 Å². The van der Waals surface area contributed by atoms with Gasteiger partial charge in [0.15, 0.2) is 5.82 Å². The number of nitrogens with zero attached hydrogens (tertiary/aromatic N) is 2. The molecule has 2 N–H and O–H groups in total. The zero-order chi connectivity index (χ0) is 16.6. The number of aromatic amines is 1. The number of carbonyl (C=O) groups is 1. The molecule has 0 saturated carbocycles. The van der Waals surface area contributed by atoms with Crippen molar-refractivity contribution in [3.63, 3.8) is 0 Å². The highest BCUT2D eigenvalue weighted by Gasteiger charge is 2.34. The monoisotopic (exact) mass is 318 g/mol. The standard InChI is InChI=1S/C19H18N4O/c1-19(11-14-4-2-3-5-15(14)12-19)23-18(24)13-6-7-20-16(10-13)17-21-8-9-22-17/h2-10H,11-12H2,1H3,(H,21,22)(H,23,24). The number of nitrogens with one attached hydrogen (secondary N) is 2. The summed E-state index contributed by atoms with van der Waals surface area (Å²) >= 11 is 0. The van der Waals surface area contributed by atoms with Crippen molar-refractivity contribution in [2.75, 3.05) is 0 Å². The minimum absolute atomic E-state index is 0.0829. The van der Waals surface area contributed by atoms with Gasteiger partial charge in [-0.15, -0.1) is 0 Å². The third-order valence-electron chi connectivity index (χ3n) is 4.46. The average Bonchev–Trinajstić information content (AvgIpc) is 3.21. The fourth-order valence-electron chi connectivity index (χ4n) is 3.35. The van der Waals surface area contributed by atoms with E-state index < -0.39 is 0 Å². The maximum Gasteiger partial charge on any atom is 0.251 e. The molecular formula is C19H18N4O. The van der Waals surface area contributed by atoms with Crippen molar-refractivity contribution < 1.29 is 4.79 Å². The van der Waals surface area contributed by atoms with Gasteiger partial charge < -0.3 is 10.3 Å². The maximum absolute atomic E-state index is 12.7. The van der Waals surface area contributed by atoms with Gasteiger partial charge in [0, 0.05) is 29.7 Å². The molecule has 120 valence electrons. The zero-order valence-electron chi connectivity index (χ0n) is 13.4. The van der Waals surface area contributed by atoms with Crippen LogP contribution in [0.25, 0.3) is 11.5 Å². The highest BCUT2D eigenvalue weighted by Crippen LogP contribution is 2.30. The average molecular weight is 318 g/mol. The van der Waals surface area contributed by atoms with Gasteiger partial charge in [-0.25, -0.2) is 4.98 Å². The summed E-state index contributed by atoms with van der Waals surface area (Å²) in [5.74, 6) is 0.574. The third kappa shape index (κ3) is 2.69. The largest absolute Gasteiger partial charge is 0.346 e. The van der Waals surface area contributed by atoms with E-state index in [1.165, 1.54) is 11.1 Å². The number of pyridine rings is 1. The van der Waals surface area contributed by atoms with Gasteiger partial charge in [-0.3, -0.25) is 9.78 Å². The van der Waals surface area contributed by atoms with Crippen molar-refractivity contribution in [1.29, 1.82) is 0 Å². The van der Waals surface area contributed by atoms with Gasteiger partial charge in [0.1, 0.15) is 5.69 Å². The summed E-state index contributed by atoms with van der Waals surface area (Å²) in [5.41, 5.74) is 3.62. The number of carbonyl (C=O) groups excluding carboxylic acids is 1. The van der Waals surface area contributed by atoms with Crippen molar-refractivity contribution in [3.05, 3.63) is 71.7 Å². The lowest BCUT2D eigenvalue weighted by molar-refractivity contribution is 0.0909. The number of hydrogen-bond donors (Lipinski definition) is 2. The van der Waals surface area contributed by atoms with Gasteiger partial charge in [0.05, 0.1) is 0 Å². The van der Waals surface area contributed by atoms with Crippen LogP contribution in [-0.2, 0) is 12.8 Å². The lowest BCUT2D eigenvalue weighted by Crippen LogP contribution is -2.46. The lowest BCUT2D eigenvalue weighted by Gasteiger charge is -2.25. The Morgan fingerprint density at radius 3 is 2.54 bits per heavy atom. The Kier molecular flexibility index (Phi) is 3.41. The highest BCUT2D eigenvalue weighted by atomic mass is 16.1. The molecule has 0 radical (unpaired) electrons. The first kappa shape index (κ1) is 14.6. The quantitative estimate of drug-likeness (QED) is 0.780. The summed E-state index contributed by atoms with van der Waals surface area (Å²) in [6.07, 6.45) is 6.75. The van der Waals surface area contributed by atoms with Crippen molar-refractivity contribution in [1.82, 2.24) is 20.3 Å². The molecule has 0 spiro atoms. The second kappa shape index (κ2) is 5.60. The first-order valence-electron chi connectivity index (χ1n) is 7.98. The van der Waals surface area contributed by atoms with Crippen LogP contribution in [0.3, 0.4) is 0 Å². The Balaban J connectivity index is 1.54. The molecule has 0 atom stereocenters. The molecule has 1 aliphatic rings. The maximum atomic E-state index is 12.7. The second-order valence-corrected chi connectivity index (χ2v) is 6.50. The molecule has 1 amide bonds. The lowest BCUT2D eigenvalue weighted by atomic mass is 9.98. The molecule has 2 heterocycles. The summed E-state index contributed by atoms with van der Waals surface area (Å²) in [5, 5.41) is 3.19. The van der Waals surface area contributed by atoms with Crippen molar-refractivity contribution in [2.24, 2.45) is 0 Å². The molecule has 1 aliphatic carbocycles. The summed E-state index contributed by atoms with van der Waals surface area (Å²) in [4.78, 5) is 24.2. The van der Waals surface area contributed by atoms with E-state index in [0.717, 1.165) is 12.8 Å². The summed E-state index contributed by atoms with van der Waals surface area (Å²) in [7, 11) is 0. The molecule has 3 aromatic rings. The first-order chi connectivity index (χ1) is 11.6. The molecule has 0 unspecified atom stereocenters. The Bertz CT molecular complexity index is 861. The second-order valence-electron chi connectivity index (χ2n) is 6.50. The molecule has 4 rings (SSSR count). The fraction of sp³-hybridized carbons (Fsp3) is 0.211. The number of aromatic nitrogens is 3. The van der Waals surface area contributed by atoms with Crippen LogP contribution >= 0.6 is 0 Å². The molecular weight excluding hydrogens is 300 g/mol. The van der Waals surface area contributed by atoms with Crippen LogP contribution in [0.5, 0.6) is 0 Å². The third-order valence-corrected chi connectivity index (χ3v) is 4.46. The topological polar surface area (TPSA) is 70.7 Å². The van der Waals surface area contributed by atoms with Crippen molar-refractivity contribution in [3.8, 4) is 11.5 Å². The number of hydrogen-bond acceptors (Lipinski definition) is 3. The number of fused-ring (bicyclic) bond motifs is 1. The number of imidazole rings is 1. The van der Waals surface area contributed by atoms with Gasteiger partial charge in [-0.05, 0) is 43.0 Å². The SMILES string of the molecule is CC1(NC(=O)c2ccnc(-c3ncc[nH]3)c2)Cc2ccccc2C1. The van der Waals surface area contributed by atoms with Crippen molar-refractivity contribution in [2.45, 2.75) is 25.3 Å². The smallest absolute Gasteiger partial charge is 0.251 e. The van der Waals surface area contributed by atoms with E-state index in [1.807, 2.05) is 12.1 Å². The molecule has 1 aromatic carbocycles. The number of rotatable bonds is 3. The highest BCUT2D eigenvalue weighted by molar-refractivity contribution is 5.95. The Morgan fingerprint density at radius 2 is 1.88 bits per heavy atom. The van der Waals surface area contributed by atoms with E-state index in [9.17, 15) is 4.79 Å². The predicted molar refractivity (Wildman–Crippen MR) is 91.5 cm³/mol. The summed E-state index contributed by atoms with van der Waals surface area (Å²) in [6.45, 7) is 2.10. The van der Waals surface area contributed by atoms with Crippen LogP contribution in [0.15, 0.2) is 55.0 Å². The molecule has 2 aromatic heterocycles. The van der Waals surface area contributed by atoms with E-state index in [2.05, 4.69) is 39.3 Å². The minimum atomic E-state index is -0.255. The Labute approximate surface area is 140 Å². The fourth-order valence-corrected chi connectivity index (χ4v) is 3.35. The predicted octanol–water partition coefficient (Wildman–Crippen LogP) is 2.76. The Morgan fingerprint density at radius 1 is 1.12 bits per heavy atom. The van der Waals surface area contributed by atoms with E-state index in [-0.39, 0.29) is 11.4 Å². The van der Waals surface area contributed by atoms with Gasteiger partial charge in [0.2, 0.25) is 0 Å². The molecule has 0 bridgehead atoms. The van der Waals surface area contributed by atoms with Crippen LogP contribution < -0.4 is 5.32 Å². The Hall–Kier alpha value is -2.95. The van der Waals surface area contributed by atoms with Gasteiger partial charge in [-0.1, -0.05) is 24.3 Å². The number of benzene rings is 1. The minimum Gasteiger partial charge on any atom is -0.346 e. The van der Waals surface area contributed by atoms with Gasteiger partial charge >= 0.3 is 0 Å². The van der Waals surface area contributed by atoms with Gasteiger partial charge in [-0.2, -0.15) is 0 Å². The van der Waals surface area contributed by atoms with Crippen LogP contribution in [0.2, 0.25) is 0 Å². The molecule has 5 nitrogen and oxygen atoms in total. The zero-order valence-corrected chi connectivity index (χ0v) is 13.4. The molecule has 0 saturated heterocycles. The van der Waals surface area contributed by atoms with E-state index in [4.69, 9.17) is 0 Å². The van der Waals surface area contributed by atoms with Crippen LogP contribution in [0, 0.1) is 0 Å². The normalized spacial score (nSPS) is 15.0. The summed E-state index contributed by atoms with van der Waals surface area (Å²) in [6, 6.07) is 11.9. The molecule has 5 heteroatoms. The van der Waals surface area contributed by atoms with E-state index in [0.29, 0.717) is 17.1 Å². The van der Waals surface area contributed by atoms with E-state index in [1.54, 1.807) is 30.7 Å². The van der Waals surface area contributed by atoms with Gasteiger partial charge in [0.25, 0.3) is 5.91 Å². The molecule has 0 aliphatic heterocycles. The number of H-pyrrole nitrogens is 1. The summed E-state index contributed by atoms with van der Waals surface area (Å²) < 4.78 is 0. The van der Waals surface area contributed by atoms with Crippen LogP contribution in [0.4, 0.5) is 0 Å².